The van der Waals surface area contributed by atoms with Crippen LogP contribution in [0.25, 0.3) is 22.2 Å². The van der Waals surface area contributed by atoms with Crippen LogP contribution in [0.4, 0.5) is 5.82 Å². The van der Waals surface area contributed by atoms with E-state index in [9.17, 15) is 4.79 Å². The van der Waals surface area contributed by atoms with Crippen molar-refractivity contribution in [2.24, 2.45) is 0 Å². The first-order valence-electron chi connectivity index (χ1n) is 11.7. The topological polar surface area (TPSA) is 102 Å². The van der Waals surface area contributed by atoms with Gasteiger partial charge in [0, 0.05) is 54.5 Å². The standard InChI is InChI=1S/C27H28N6O2.H2S/c1-16(19-6-5-7-20-21(26(34)28-4)8-9-29-24(19)20)12-30-23-11-22(32-15-33-23)17-10-18-14-35-27(2,3)25(18)31-13-17;/h5-11,13,15-16H,12,14H2,1-4H3,(H,28,34)(H,30,32,33);1H2/t16-;/m1./s1. The van der Waals surface area contributed by atoms with Crippen molar-refractivity contribution in [3.8, 4) is 11.3 Å². The minimum absolute atomic E-state index is 0. The summed E-state index contributed by atoms with van der Waals surface area (Å²) in [6.07, 6.45) is 5.09. The third kappa shape index (κ3) is 4.76. The Morgan fingerprint density at radius 2 is 1.97 bits per heavy atom. The van der Waals surface area contributed by atoms with E-state index in [1.165, 1.54) is 0 Å². The summed E-state index contributed by atoms with van der Waals surface area (Å²) in [4.78, 5) is 30.4. The molecule has 1 amide bonds. The van der Waals surface area contributed by atoms with Crippen LogP contribution in [0, 0.1) is 0 Å². The minimum atomic E-state index is -0.361. The van der Waals surface area contributed by atoms with Gasteiger partial charge < -0.3 is 15.4 Å². The van der Waals surface area contributed by atoms with Gasteiger partial charge in [-0.2, -0.15) is 13.5 Å². The highest BCUT2D eigenvalue weighted by Crippen LogP contribution is 2.36. The number of rotatable bonds is 6. The van der Waals surface area contributed by atoms with Crippen molar-refractivity contribution in [2.75, 3.05) is 18.9 Å². The highest BCUT2D eigenvalue weighted by molar-refractivity contribution is 7.59. The number of para-hydroxylation sites is 1. The lowest BCUT2D eigenvalue weighted by Gasteiger charge is -2.17. The van der Waals surface area contributed by atoms with E-state index in [1.54, 1.807) is 25.6 Å². The second kappa shape index (κ2) is 10.2. The lowest BCUT2D eigenvalue weighted by Crippen LogP contribution is -2.18. The zero-order valence-corrected chi connectivity index (χ0v) is 21.8. The third-order valence-electron chi connectivity index (χ3n) is 6.48. The first-order valence-corrected chi connectivity index (χ1v) is 11.7. The lowest BCUT2D eigenvalue weighted by molar-refractivity contribution is -0.0101. The van der Waals surface area contributed by atoms with Gasteiger partial charge in [0.25, 0.3) is 5.91 Å². The predicted molar refractivity (Wildman–Crippen MR) is 145 cm³/mol. The molecule has 1 aliphatic rings. The molecule has 0 radical (unpaired) electrons. The van der Waals surface area contributed by atoms with E-state index in [0.717, 1.165) is 44.8 Å². The predicted octanol–water partition coefficient (Wildman–Crippen LogP) is 4.54. The van der Waals surface area contributed by atoms with Crippen LogP contribution in [0.3, 0.4) is 0 Å². The van der Waals surface area contributed by atoms with Crippen molar-refractivity contribution in [1.82, 2.24) is 25.3 Å². The molecule has 0 saturated heterocycles. The number of carbonyl (C=O) groups excluding carboxylic acids is 1. The van der Waals surface area contributed by atoms with E-state index in [1.807, 2.05) is 38.2 Å². The Hall–Kier alpha value is -3.56. The highest BCUT2D eigenvalue weighted by Gasteiger charge is 2.32. The quantitative estimate of drug-likeness (QED) is 0.399. The molecule has 3 aromatic heterocycles. The summed E-state index contributed by atoms with van der Waals surface area (Å²) < 4.78 is 5.85. The van der Waals surface area contributed by atoms with Gasteiger partial charge in [-0.05, 0) is 31.5 Å². The van der Waals surface area contributed by atoms with E-state index >= 15 is 0 Å². The fraction of sp³-hybridized carbons (Fsp3) is 0.296. The second-order valence-corrected chi connectivity index (χ2v) is 9.28. The third-order valence-corrected chi connectivity index (χ3v) is 6.48. The van der Waals surface area contributed by atoms with E-state index in [-0.39, 0.29) is 30.9 Å². The highest BCUT2D eigenvalue weighted by atomic mass is 32.1. The number of ether oxygens (including phenoxy) is 1. The van der Waals surface area contributed by atoms with Crippen molar-refractivity contribution < 1.29 is 9.53 Å². The maximum absolute atomic E-state index is 12.3. The summed E-state index contributed by atoms with van der Waals surface area (Å²) in [5, 5.41) is 6.97. The largest absolute Gasteiger partial charge is 0.369 e. The molecule has 2 N–H and O–H groups in total. The first kappa shape index (κ1) is 25.5. The van der Waals surface area contributed by atoms with E-state index in [2.05, 4.69) is 49.6 Å². The molecule has 0 aliphatic carbocycles. The molecule has 0 saturated carbocycles. The Morgan fingerprint density at radius 3 is 2.78 bits per heavy atom. The summed E-state index contributed by atoms with van der Waals surface area (Å²) in [7, 11) is 1.63. The number of nitrogens with zero attached hydrogens (tertiary/aromatic N) is 4. The number of benzene rings is 1. The number of pyridine rings is 2. The molecule has 0 bridgehead atoms. The molecular formula is C27H30N6O2S. The fourth-order valence-corrected chi connectivity index (χ4v) is 4.54. The van der Waals surface area contributed by atoms with Gasteiger partial charge in [-0.25, -0.2) is 9.97 Å². The van der Waals surface area contributed by atoms with Gasteiger partial charge in [0.1, 0.15) is 17.7 Å². The van der Waals surface area contributed by atoms with Crippen LogP contribution in [0.2, 0.25) is 0 Å². The number of carbonyl (C=O) groups is 1. The Kier molecular flexibility index (Phi) is 7.23. The van der Waals surface area contributed by atoms with Gasteiger partial charge in [-0.15, -0.1) is 0 Å². The molecule has 1 aromatic carbocycles. The molecular weight excluding hydrogens is 472 g/mol. The van der Waals surface area contributed by atoms with Crippen molar-refractivity contribution in [1.29, 1.82) is 0 Å². The van der Waals surface area contributed by atoms with Crippen LogP contribution in [0.15, 0.2) is 55.1 Å². The van der Waals surface area contributed by atoms with Gasteiger partial charge in [-0.3, -0.25) is 14.8 Å². The molecule has 5 rings (SSSR count). The number of anilines is 1. The van der Waals surface area contributed by atoms with Crippen LogP contribution in [0.1, 0.15) is 53.9 Å². The fourth-order valence-electron chi connectivity index (χ4n) is 4.54. The van der Waals surface area contributed by atoms with E-state index < -0.39 is 0 Å². The monoisotopic (exact) mass is 502 g/mol. The average Bonchev–Trinajstić information content (AvgIpc) is 3.20. The molecule has 8 nitrogen and oxygen atoms in total. The van der Waals surface area contributed by atoms with Crippen molar-refractivity contribution >= 4 is 36.1 Å². The summed E-state index contributed by atoms with van der Waals surface area (Å²) in [5.74, 6) is 0.744. The van der Waals surface area contributed by atoms with E-state index in [4.69, 9.17) is 4.74 Å². The molecule has 0 unspecified atom stereocenters. The Labute approximate surface area is 217 Å². The zero-order valence-electron chi connectivity index (χ0n) is 20.8. The van der Waals surface area contributed by atoms with Crippen LogP contribution in [0.5, 0.6) is 0 Å². The van der Waals surface area contributed by atoms with Gasteiger partial charge in [0.05, 0.1) is 29.1 Å². The second-order valence-electron chi connectivity index (χ2n) is 9.28. The Morgan fingerprint density at radius 1 is 1.14 bits per heavy atom. The van der Waals surface area contributed by atoms with Crippen molar-refractivity contribution in [2.45, 2.75) is 38.9 Å². The summed E-state index contributed by atoms with van der Waals surface area (Å²) in [6, 6.07) is 11.7. The van der Waals surface area contributed by atoms with Gasteiger partial charge >= 0.3 is 0 Å². The van der Waals surface area contributed by atoms with Gasteiger partial charge in [-0.1, -0.05) is 25.1 Å². The smallest absolute Gasteiger partial charge is 0.251 e. The van der Waals surface area contributed by atoms with Crippen molar-refractivity contribution in [3.63, 3.8) is 0 Å². The SMILES string of the molecule is CNC(=O)c1ccnc2c([C@H](C)CNc3cc(-c4cnc5c(c4)COC5(C)C)ncn3)cccc12.S. The first-order chi connectivity index (χ1) is 16.9. The number of aromatic nitrogens is 4. The molecule has 0 spiro atoms. The molecule has 1 aliphatic heterocycles. The van der Waals surface area contributed by atoms with Gasteiger partial charge in [0.15, 0.2) is 0 Å². The van der Waals surface area contributed by atoms with Crippen LogP contribution >= 0.6 is 13.5 Å². The average molecular weight is 503 g/mol. The summed E-state index contributed by atoms with van der Waals surface area (Å²) >= 11 is 0. The van der Waals surface area contributed by atoms with Crippen LogP contribution in [-0.4, -0.2) is 39.4 Å². The number of hydrogen-bond acceptors (Lipinski definition) is 7. The van der Waals surface area contributed by atoms with Crippen LogP contribution < -0.4 is 10.6 Å². The molecule has 4 heterocycles. The van der Waals surface area contributed by atoms with E-state index in [0.29, 0.717) is 18.7 Å². The number of nitrogens with one attached hydrogen (secondary N) is 2. The number of fused-ring (bicyclic) bond motifs is 2. The van der Waals surface area contributed by atoms with Crippen LogP contribution in [-0.2, 0) is 16.9 Å². The molecule has 186 valence electrons. The number of hydrogen-bond donors (Lipinski definition) is 2. The summed E-state index contributed by atoms with van der Waals surface area (Å²) in [6.45, 7) is 7.39. The Balaban J connectivity index is 0.00000304. The number of amides is 1. The molecule has 9 heteroatoms. The lowest BCUT2D eigenvalue weighted by atomic mass is 9.96. The van der Waals surface area contributed by atoms with Gasteiger partial charge in [0.2, 0.25) is 0 Å². The Bertz CT molecular complexity index is 1420. The molecule has 4 aromatic rings. The molecule has 36 heavy (non-hydrogen) atoms. The summed E-state index contributed by atoms with van der Waals surface area (Å²) in [5.41, 5.74) is 5.97. The normalized spacial score (nSPS) is 14.6. The van der Waals surface area contributed by atoms with Crippen molar-refractivity contribution in [3.05, 3.63) is 77.5 Å². The molecule has 1 atom stereocenters. The maximum atomic E-state index is 12.3. The maximum Gasteiger partial charge on any atom is 0.251 e. The minimum Gasteiger partial charge on any atom is -0.369 e. The zero-order chi connectivity index (χ0) is 24.6. The molecule has 0 fully saturated rings.